The van der Waals surface area contributed by atoms with Gasteiger partial charge in [0, 0.05) is 5.56 Å². The lowest BCUT2D eigenvalue weighted by molar-refractivity contribution is -0.386. The summed E-state index contributed by atoms with van der Waals surface area (Å²) in [7, 11) is 0. The Morgan fingerprint density at radius 2 is 1.95 bits per heavy atom. The fourth-order valence-electron chi connectivity index (χ4n) is 2.54. The van der Waals surface area contributed by atoms with Gasteiger partial charge in [-0.05, 0) is 30.0 Å². The number of benzene rings is 2. The van der Waals surface area contributed by atoms with Crippen LogP contribution in [0.25, 0.3) is 6.08 Å². The molecule has 106 valence electrons. The van der Waals surface area contributed by atoms with Crippen LogP contribution in [0, 0.1) is 10.1 Å². The van der Waals surface area contributed by atoms with E-state index in [0.29, 0.717) is 18.8 Å². The summed E-state index contributed by atoms with van der Waals surface area (Å²) in [6.07, 6.45) is 5.49. The molecular weight excluding hydrogens is 266 g/mol. The van der Waals surface area contributed by atoms with E-state index in [-0.39, 0.29) is 10.6 Å². The van der Waals surface area contributed by atoms with Crippen LogP contribution in [0.2, 0.25) is 0 Å². The van der Waals surface area contributed by atoms with Gasteiger partial charge in [0.1, 0.15) is 6.61 Å². The molecule has 0 unspecified atom stereocenters. The molecular formula is C17H15NO3. The van der Waals surface area contributed by atoms with Crippen molar-refractivity contribution in [2.75, 3.05) is 0 Å². The quantitative estimate of drug-likeness (QED) is 0.625. The monoisotopic (exact) mass is 281 g/mol. The van der Waals surface area contributed by atoms with Crippen LogP contribution in [0.3, 0.4) is 0 Å². The highest BCUT2D eigenvalue weighted by molar-refractivity contribution is 5.67. The molecule has 0 atom stereocenters. The minimum Gasteiger partial charge on any atom is -0.482 e. The number of nitro benzene ring substituents is 1. The molecule has 0 N–H and O–H groups in total. The van der Waals surface area contributed by atoms with Crippen LogP contribution < -0.4 is 4.74 Å². The van der Waals surface area contributed by atoms with Gasteiger partial charge in [0.15, 0.2) is 5.75 Å². The summed E-state index contributed by atoms with van der Waals surface area (Å²) in [6, 6.07) is 13.2. The van der Waals surface area contributed by atoms with E-state index in [1.807, 2.05) is 48.6 Å². The largest absolute Gasteiger partial charge is 0.482 e. The van der Waals surface area contributed by atoms with Crippen molar-refractivity contribution < 1.29 is 9.66 Å². The zero-order chi connectivity index (χ0) is 14.7. The average Bonchev–Trinajstić information content (AvgIpc) is 2.53. The van der Waals surface area contributed by atoms with Crippen LogP contribution in [0.15, 0.2) is 48.5 Å². The Morgan fingerprint density at radius 1 is 1.14 bits per heavy atom. The predicted molar refractivity (Wildman–Crippen MR) is 81.2 cm³/mol. The molecule has 2 aromatic carbocycles. The number of nitro groups is 1. The molecule has 21 heavy (non-hydrogen) atoms. The predicted octanol–water partition coefficient (Wildman–Crippen LogP) is 4.13. The maximum absolute atomic E-state index is 11.4. The maximum atomic E-state index is 11.4. The van der Waals surface area contributed by atoms with E-state index in [0.717, 1.165) is 23.1 Å². The average molecular weight is 281 g/mol. The number of ether oxygens (including phenoxy) is 1. The van der Waals surface area contributed by atoms with Crippen LogP contribution in [-0.4, -0.2) is 4.92 Å². The Kier molecular flexibility index (Phi) is 3.69. The summed E-state index contributed by atoms with van der Waals surface area (Å²) in [4.78, 5) is 11.1. The van der Waals surface area contributed by atoms with Gasteiger partial charge in [0.25, 0.3) is 0 Å². The molecule has 0 aromatic heterocycles. The molecule has 0 spiro atoms. The molecule has 4 heteroatoms. The smallest absolute Gasteiger partial charge is 0.314 e. The van der Waals surface area contributed by atoms with Crippen LogP contribution in [0.5, 0.6) is 5.75 Å². The first-order valence-electron chi connectivity index (χ1n) is 6.89. The van der Waals surface area contributed by atoms with E-state index >= 15 is 0 Å². The number of allylic oxidation sites excluding steroid dienone is 1. The Hall–Kier alpha value is -2.62. The van der Waals surface area contributed by atoms with Crippen LogP contribution in [0.4, 0.5) is 5.69 Å². The SMILES string of the molecule is O=[N+]([O-])c1c(OCc2ccccc2)ccc2c1CCC=C2. The highest BCUT2D eigenvalue weighted by atomic mass is 16.6. The highest BCUT2D eigenvalue weighted by Gasteiger charge is 2.24. The van der Waals surface area contributed by atoms with Gasteiger partial charge in [0.2, 0.25) is 0 Å². The van der Waals surface area contributed by atoms with Gasteiger partial charge < -0.3 is 4.74 Å². The Labute approximate surface area is 122 Å². The van der Waals surface area contributed by atoms with Crippen molar-refractivity contribution in [3.05, 3.63) is 75.3 Å². The molecule has 1 aliphatic rings. The summed E-state index contributed by atoms with van der Waals surface area (Å²) in [5.41, 5.74) is 2.78. The van der Waals surface area contributed by atoms with Gasteiger partial charge in [-0.1, -0.05) is 48.6 Å². The molecule has 2 aromatic rings. The normalized spacial score (nSPS) is 12.8. The Balaban J connectivity index is 1.91. The van der Waals surface area contributed by atoms with Crippen molar-refractivity contribution >= 4 is 11.8 Å². The fraction of sp³-hybridized carbons (Fsp3) is 0.176. The van der Waals surface area contributed by atoms with E-state index < -0.39 is 0 Å². The van der Waals surface area contributed by atoms with Gasteiger partial charge in [-0.25, -0.2) is 0 Å². The fourth-order valence-corrected chi connectivity index (χ4v) is 2.54. The van der Waals surface area contributed by atoms with Crippen molar-refractivity contribution in [1.29, 1.82) is 0 Å². The van der Waals surface area contributed by atoms with Gasteiger partial charge in [-0.2, -0.15) is 0 Å². The van der Waals surface area contributed by atoms with Crippen LogP contribution in [0.1, 0.15) is 23.1 Å². The highest BCUT2D eigenvalue weighted by Crippen LogP contribution is 2.36. The zero-order valence-electron chi connectivity index (χ0n) is 11.5. The van der Waals surface area contributed by atoms with E-state index in [1.54, 1.807) is 6.07 Å². The second kappa shape index (κ2) is 5.79. The standard InChI is InChI=1S/C17H15NO3/c19-18(20)17-15-9-5-4-8-14(15)10-11-16(17)21-12-13-6-2-1-3-7-13/h1-4,6-8,10-11H,5,9,12H2. The molecule has 0 saturated heterocycles. The summed E-state index contributed by atoms with van der Waals surface area (Å²) in [5, 5.41) is 11.4. The van der Waals surface area contributed by atoms with Gasteiger partial charge in [0.05, 0.1) is 4.92 Å². The second-order valence-corrected chi connectivity index (χ2v) is 4.95. The van der Waals surface area contributed by atoms with E-state index in [9.17, 15) is 10.1 Å². The maximum Gasteiger partial charge on any atom is 0.314 e. The number of hydrogen-bond donors (Lipinski definition) is 0. The number of fused-ring (bicyclic) bond motifs is 1. The minimum absolute atomic E-state index is 0.104. The summed E-state index contributed by atoms with van der Waals surface area (Å²) in [6.45, 7) is 0.330. The topological polar surface area (TPSA) is 52.4 Å². The lowest BCUT2D eigenvalue weighted by atomic mass is 9.95. The van der Waals surface area contributed by atoms with Crippen molar-refractivity contribution in [2.24, 2.45) is 0 Å². The third kappa shape index (κ3) is 2.79. The molecule has 0 fully saturated rings. The Bertz CT molecular complexity index is 693. The van der Waals surface area contributed by atoms with Crippen LogP contribution in [-0.2, 0) is 13.0 Å². The van der Waals surface area contributed by atoms with E-state index in [4.69, 9.17) is 4.74 Å². The molecule has 0 radical (unpaired) electrons. The molecule has 0 bridgehead atoms. The third-order valence-corrected chi connectivity index (χ3v) is 3.56. The number of rotatable bonds is 4. The van der Waals surface area contributed by atoms with E-state index in [1.165, 1.54) is 0 Å². The van der Waals surface area contributed by atoms with Crippen molar-refractivity contribution in [3.8, 4) is 5.75 Å². The van der Waals surface area contributed by atoms with Crippen molar-refractivity contribution in [3.63, 3.8) is 0 Å². The van der Waals surface area contributed by atoms with Gasteiger partial charge >= 0.3 is 5.69 Å². The van der Waals surface area contributed by atoms with E-state index in [2.05, 4.69) is 0 Å². The first kappa shape index (κ1) is 13.4. The van der Waals surface area contributed by atoms with Crippen LogP contribution >= 0.6 is 0 Å². The number of nitrogens with zero attached hydrogens (tertiary/aromatic N) is 1. The molecule has 4 nitrogen and oxygen atoms in total. The molecule has 0 heterocycles. The molecule has 0 aliphatic heterocycles. The molecule has 3 rings (SSSR count). The minimum atomic E-state index is -0.335. The van der Waals surface area contributed by atoms with Crippen molar-refractivity contribution in [2.45, 2.75) is 19.4 Å². The lowest BCUT2D eigenvalue weighted by Gasteiger charge is -2.14. The number of hydrogen-bond acceptors (Lipinski definition) is 3. The summed E-state index contributed by atoms with van der Waals surface area (Å²) < 4.78 is 5.68. The molecule has 0 amide bonds. The molecule has 0 saturated carbocycles. The summed E-state index contributed by atoms with van der Waals surface area (Å²) in [5.74, 6) is 0.345. The zero-order valence-corrected chi connectivity index (χ0v) is 11.5. The second-order valence-electron chi connectivity index (χ2n) is 4.95. The Morgan fingerprint density at radius 3 is 2.71 bits per heavy atom. The van der Waals surface area contributed by atoms with Gasteiger partial charge in [-0.3, -0.25) is 10.1 Å². The van der Waals surface area contributed by atoms with Crippen molar-refractivity contribution in [1.82, 2.24) is 0 Å². The summed E-state index contributed by atoms with van der Waals surface area (Å²) >= 11 is 0. The molecule has 1 aliphatic carbocycles. The lowest BCUT2D eigenvalue weighted by Crippen LogP contribution is -2.05. The van der Waals surface area contributed by atoms with Gasteiger partial charge in [-0.15, -0.1) is 0 Å². The third-order valence-electron chi connectivity index (χ3n) is 3.56. The first-order chi connectivity index (χ1) is 10.3. The first-order valence-corrected chi connectivity index (χ1v) is 6.89.